The van der Waals surface area contributed by atoms with Gasteiger partial charge in [-0.25, -0.2) is 22.0 Å². The van der Waals surface area contributed by atoms with E-state index in [9.17, 15) is 30.0 Å². The summed E-state index contributed by atoms with van der Waals surface area (Å²) >= 11 is 0. The quantitative estimate of drug-likeness (QED) is 0.647. The second-order valence-corrected chi connectivity index (χ2v) is 10.0. The van der Waals surface area contributed by atoms with Gasteiger partial charge in [0.1, 0.15) is 0 Å². The molecule has 0 aliphatic rings. The molecule has 10 heteroatoms. The van der Waals surface area contributed by atoms with Gasteiger partial charge in [-0.05, 0) is 35.4 Å². The predicted octanol–water partition coefficient (Wildman–Crippen LogP) is 3.89. The van der Waals surface area contributed by atoms with Gasteiger partial charge < -0.3 is 0 Å². The molecule has 0 fully saturated rings. The molecule has 0 heterocycles. The Bertz CT molecular complexity index is 1330. The number of halogens is 3. The number of alkyl halides is 3. The largest absolute Gasteiger partial charge is 0.417 e. The SMILES string of the molecule is CS(=O)(=O)c1cc(-c2ccccc2S(N)(=O)=O)ccc1-c1cc[c]c(C(F)(F)F)c1. The first-order chi connectivity index (χ1) is 13.8. The van der Waals surface area contributed by atoms with E-state index in [1.54, 1.807) is 6.07 Å². The van der Waals surface area contributed by atoms with E-state index in [1.807, 2.05) is 0 Å². The minimum Gasteiger partial charge on any atom is -0.225 e. The van der Waals surface area contributed by atoms with Crippen molar-refractivity contribution in [3.05, 3.63) is 72.3 Å². The number of primary sulfonamides is 1. The summed E-state index contributed by atoms with van der Waals surface area (Å²) in [4.78, 5) is -0.450. The molecule has 0 atom stereocenters. The van der Waals surface area contributed by atoms with Gasteiger partial charge in [0.05, 0.1) is 15.4 Å². The molecule has 0 saturated carbocycles. The number of hydrogen-bond donors (Lipinski definition) is 1. The minimum absolute atomic E-state index is 0.0350. The zero-order valence-corrected chi connectivity index (χ0v) is 17.1. The van der Waals surface area contributed by atoms with Crippen molar-refractivity contribution >= 4 is 19.9 Å². The molecule has 0 aliphatic heterocycles. The van der Waals surface area contributed by atoms with Crippen LogP contribution < -0.4 is 5.14 Å². The molecule has 3 rings (SSSR count). The van der Waals surface area contributed by atoms with Crippen LogP contribution in [0, 0.1) is 6.07 Å². The third-order valence-electron chi connectivity index (χ3n) is 4.30. The lowest BCUT2D eigenvalue weighted by atomic mass is 9.99. The van der Waals surface area contributed by atoms with Crippen LogP contribution >= 0.6 is 0 Å². The van der Waals surface area contributed by atoms with E-state index in [4.69, 9.17) is 5.14 Å². The fraction of sp³-hybridized carbons (Fsp3) is 0.100. The minimum atomic E-state index is -4.64. The van der Waals surface area contributed by atoms with E-state index < -0.39 is 31.6 Å². The first-order valence-electron chi connectivity index (χ1n) is 8.34. The smallest absolute Gasteiger partial charge is 0.225 e. The second-order valence-electron chi connectivity index (χ2n) is 6.51. The van der Waals surface area contributed by atoms with Gasteiger partial charge in [0.2, 0.25) is 10.0 Å². The summed E-state index contributed by atoms with van der Waals surface area (Å²) in [5.41, 5.74) is -0.541. The number of benzene rings is 3. The van der Waals surface area contributed by atoms with Crippen molar-refractivity contribution in [1.29, 1.82) is 0 Å². The number of rotatable bonds is 4. The lowest BCUT2D eigenvalue weighted by Crippen LogP contribution is -2.13. The highest BCUT2D eigenvalue weighted by Gasteiger charge is 2.31. The Morgan fingerprint density at radius 3 is 2.03 bits per heavy atom. The van der Waals surface area contributed by atoms with Crippen LogP contribution in [0.15, 0.2) is 70.5 Å². The maximum absolute atomic E-state index is 13.0. The molecule has 0 bridgehead atoms. The molecular weight excluding hydrogens is 439 g/mol. The van der Waals surface area contributed by atoms with Crippen molar-refractivity contribution in [3.8, 4) is 22.3 Å². The molecule has 30 heavy (non-hydrogen) atoms. The Labute approximate surface area is 171 Å². The van der Waals surface area contributed by atoms with Crippen molar-refractivity contribution in [3.63, 3.8) is 0 Å². The molecule has 157 valence electrons. The maximum Gasteiger partial charge on any atom is 0.417 e. The number of nitrogens with two attached hydrogens (primary N) is 1. The summed E-state index contributed by atoms with van der Waals surface area (Å²) < 4.78 is 87.7. The third kappa shape index (κ3) is 4.55. The average molecular weight is 454 g/mol. The maximum atomic E-state index is 13.0. The van der Waals surface area contributed by atoms with Crippen LogP contribution in [0.1, 0.15) is 5.56 Å². The van der Waals surface area contributed by atoms with E-state index in [1.165, 1.54) is 42.5 Å². The molecule has 0 saturated heterocycles. The van der Waals surface area contributed by atoms with Gasteiger partial charge in [0, 0.05) is 17.4 Å². The zero-order chi connectivity index (χ0) is 22.3. The second kappa shape index (κ2) is 7.53. The van der Waals surface area contributed by atoms with E-state index in [0.29, 0.717) is 0 Å². The molecule has 3 aromatic rings. The fourth-order valence-electron chi connectivity index (χ4n) is 2.99. The number of sulfonamides is 1. The van der Waals surface area contributed by atoms with Crippen LogP contribution in [0.25, 0.3) is 22.3 Å². The summed E-state index contributed by atoms with van der Waals surface area (Å²) in [6.45, 7) is 0. The molecule has 0 unspecified atom stereocenters. The van der Waals surface area contributed by atoms with E-state index in [-0.39, 0.29) is 32.0 Å². The molecule has 3 aromatic carbocycles. The summed E-state index contributed by atoms with van der Waals surface area (Å²) in [5.74, 6) is 0. The standard InChI is InChI=1S/C20H15F3NO4S2/c1-29(25,26)19-12-14(16-7-2-3-8-18(16)30(24,27)28)9-10-17(19)13-5-4-6-15(11-13)20(21,22)23/h2-5,7-12H,1H3,(H2,24,27,28). The van der Waals surface area contributed by atoms with E-state index in [0.717, 1.165) is 18.4 Å². The van der Waals surface area contributed by atoms with Crippen molar-refractivity contribution < 1.29 is 30.0 Å². The predicted molar refractivity (Wildman–Crippen MR) is 106 cm³/mol. The van der Waals surface area contributed by atoms with E-state index in [2.05, 4.69) is 6.07 Å². The van der Waals surface area contributed by atoms with Crippen LogP contribution in [-0.4, -0.2) is 23.1 Å². The van der Waals surface area contributed by atoms with Crippen molar-refractivity contribution in [2.45, 2.75) is 16.0 Å². The topological polar surface area (TPSA) is 94.3 Å². The summed E-state index contributed by atoms with van der Waals surface area (Å²) in [6.07, 6.45) is -3.73. The van der Waals surface area contributed by atoms with Gasteiger partial charge in [-0.3, -0.25) is 0 Å². The summed E-state index contributed by atoms with van der Waals surface area (Å²) in [6, 6.07) is 15.0. The van der Waals surface area contributed by atoms with Gasteiger partial charge in [0.15, 0.2) is 9.84 Å². The monoisotopic (exact) mass is 454 g/mol. The average Bonchev–Trinajstić information content (AvgIpc) is 2.65. The van der Waals surface area contributed by atoms with Crippen LogP contribution in [-0.2, 0) is 26.0 Å². The summed E-state index contributed by atoms with van der Waals surface area (Å²) in [5, 5.41) is 5.24. The van der Waals surface area contributed by atoms with Gasteiger partial charge in [-0.2, -0.15) is 13.2 Å². The molecule has 5 nitrogen and oxygen atoms in total. The van der Waals surface area contributed by atoms with E-state index >= 15 is 0 Å². The molecular formula is C20H15F3NO4S2. The van der Waals surface area contributed by atoms with Gasteiger partial charge in [-0.15, -0.1) is 0 Å². The lowest BCUT2D eigenvalue weighted by molar-refractivity contribution is -0.137. The Hall–Kier alpha value is -2.69. The van der Waals surface area contributed by atoms with Gasteiger partial charge in [-0.1, -0.05) is 42.5 Å². The Morgan fingerprint density at radius 1 is 0.833 bits per heavy atom. The van der Waals surface area contributed by atoms with Crippen LogP contribution in [0.2, 0.25) is 0 Å². The van der Waals surface area contributed by atoms with Crippen LogP contribution in [0.5, 0.6) is 0 Å². The van der Waals surface area contributed by atoms with Crippen molar-refractivity contribution in [2.24, 2.45) is 5.14 Å². The molecule has 1 radical (unpaired) electrons. The third-order valence-corrected chi connectivity index (χ3v) is 6.41. The Morgan fingerprint density at radius 2 is 1.43 bits per heavy atom. The number of hydrogen-bond acceptors (Lipinski definition) is 4. The lowest BCUT2D eigenvalue weighted by Gasteiger charge is -2.14. The van der Waals surface area contributed by atoms with Crippen molar-refractivity contribution in [1.82, 2.24) is 0 Å². The first kappa shape index (κ1) is 22.0. The highest BCUT2D eigenvalue weighted by Crippen LogP contribution is 2.36. The molecule has 0 aromatic heterocycles. The van der Waals surface area contributed by atoms with Crippen LogP contribution in [0.3, 0.4) is 0 Å². The van der Waals surface area contributed by atoms with Crippen molar-refractivity contribution in [2.75, 3.05) is 6.26 Å². The zero-order valence-electron chi connectivity index (χ0n) is 15.4. The fourth-order valence-corrected chi connectivity index (χ4v) is 4.67. The first-order valence-corrected chi connectivity index (χ1v) is 11.8. The molecule has 0 spiro atoms. The molecule has 2 N–H and O–H groups in total. The molecule has 0 amide bonds. The summed E-state index contributed by atoms with van der Waals surface area (Å²) in [7, 11) is -7.97. The van der Waals surface area contributed by atoms with Gasteiger partial charge >= 0.3 is 6.18 Å². The van der Waals surface area contributed by atoms with Gasteiger partial charge in [0.25, 0.3) is 0 Å². The van der Waals surface area contributed by atoms with Crippen LogP contribution in [0.4, 0.5) is 13.2 Å². The Balaban J connectivity index is 2.27. The Kier molecular flexibility index (Phi) is 5.52. The highest BCUT2D eigenvalue weighted by atomic mass is 32.2. The normalized spacial score (nSPS) is 12.7. The highest BCUT2D eigenvalue weighted by molar-refractivity contribution is 7.91. The number of sulfone groups is 1. The molecule has 0 aliphatic carbocycles.